The van der Waals surface area contributed by atoms with Gasteiger partial charge in [0, 0.05) is 18.6 Å². The van der Waals surface area contributed by atoms with Gasteiger partial charge in [0.05, 0.1) is 0 Å². The fraction of sp³-hybridized carbons (Fsp3) is 1.00. The number of rotatable bonds is 6. The van der Waals surface area contributed by atoms with E-state index in [1.807, 2.05) is 0 Å². The molecular formula is C19H36N2. The Morgan fingerprint density at radius 1 is 1.05 bits per heavy atom. The van der Waals surface area contributed by atoms with Crippen LogP contribution in [0.25, 0.3) is 0 Å². The molecule has 2 N–H and O–H groups in total. The summed E-state index contributed by atoms with van der Waals surface area (Å²) in [6.07, 6.45) is 14.4. The Hall–Kier alpha value is -0.0800. The molecule has 0 amide bonds. The van der Waals surface area contributed by atoms with Gasteiger partial charge in [0.25, 0.3) is 0 Å². The molecule has 3 aliphatic rings. The third kappa shape index (κ3) is 3.82. The monoisotopic (exact) mass is 292 g/mol. The molecule has 3 fully saturated rings. The Labute approximate surface area is 131 Å². The average Bonchev–Trinajstić information content (AvgIpc) is 3.17. The van der Waals surface area contributed by atoms with Gasteiger partial charge in [-0.15, -0.1) is 0 Å². The lowest BCUT2D eigenvalue weighted by atomic mass is 9.78. The van der Waals surface area contributed by atoms with Crippen molar-refractivity contribution in [2.24, 2.45) is 17.3 Å². The summed E-state index contributed by atoms with van der Waals surface area (Å²) in [4.78, 5) is 0. The van der Waals surface area contributed by atoms with Crippen LogP contribution < -0.4 is 10.6 Å². The first-order chi connectivity index (χ1) is 10.2. The first-order valence-electron chi connectivity index (χ1n) is 9.65. The van der Waals surface area contributed by atoms with Crippen LogP contribution in [0.4, 0.5) is 0 Å². The van der Waals surface area contributed by atoms with E-state index < -0.39 is 0 Å². The van der Waals surface area contributed by atoms with Crippen LogP contribution in [0.3, 0.4) is 0 Å². The van der Waals surface area contributed by atoms with Gasteiger partial charge in [-0.25, -0.2) is 0 Å². The molecule has 0 aromatic heterocycles. The SMILES string of the molecule is CC(C)CC1(CNC2CCCC2C2CCCN2)CCCC1. The zero-order valence-corrected chi connectivity index (χ0v) is 14.3. The van der Waals surface area contributed by atoms with E-state index in [1.54, 1.807) is 0 Å². The van der Waals surface area contributed by atoms with E-state index in [4.69, 9.17) is 0 Å². The molecule has 2 nitrogen and oxygen atoms in total. The molecular weight excluding hydrogens is 256 g/mol. The lowest BCUT2D eigenvalue weighted by Crippen LogP contribution is -2.45. The highest BCUT2D eigenvalue weighted by atomic mass is 15.0. The van der Waals surface area contributed by atoms with E-state index in [-0.39, 0.29) is 0 Å². The minimum absolute atomic E-state index is 0.629. The lowest BCUT2D eigenvalue weighted by molar-refractivity contribution is 0.201. The highest BCUT2D eigenvalue weighted by Gasteiger charge is 2.38. The van der Waals surface area contributed by atoms with E-state index in [0.717, 1.165) is 23.9 Å². The van der Waals surface area contributed by atoms with Crippen molar-refractivity contribution < 1.29 is 0 Å². The molecule has 0 spiro atoms. The van der Waals surface area contributed by atoms with Crippen LogP contribution in [0, 0.1) is 17.3 Å². The van der Waals surface area contributed by atoms with Crippen molar-refractivity contribution in [2.75, 3.05) is 13.1 Å². The summed E-state index contributed by atoms with van der Waals surface area (Å²) in [5.41, 5.74) is 0.629. The van der Waals surface area contributed by atoms with Gasteiger partial charge in [0.2, 0.25) is 0 Å². The fourth-order valence-electron chi connectivity index (χ4n) is 5.59. The van der Waals surface area contributed by atoms with E-state index >= 15 is 0 Å². The summed E-state index contributed by atoms with van der Waals surface area (Å²) in [6, 6.07) is 1.61. The normalized spacial score (nSPS) is 35.9. The minimum Gasteiger partial charge on any atom is -0.314 e. The van der Waals surface area contributed by atoms with Crippen molar-refractivity contribution in [3.8, 4) is 0 Å². The van der Waals surface area contributed by atoms with Crippen molar-refractivity contribution in [3.05, 3.63) is 0 Å². The molecule has 3 unspecified atom stereocenters. The van der Waals surface area contributed by atoms with Gasteiger partial charge in [0.15, 0.2) is 0 Å². The third-order valence-electron chi connectivity index (χ3n) is 6.43. The summed E-state index contributed by atoms with van der Waals surface area (Å²) in [5.74, 6) is 1.76. The average molecular weight is 293 g/mol. The quantitative estimate of drug-likeness (QED) is 0.770. The first-order valence-corrected chi connectivity index (χ1v) is 9.65. The number of nitrogens with one attached hydrogen (secondary N) is 2. The molecule has 1 heterocycles. The standard InChI is InChI=1S/C19H36N2/c1-15(2)13-19(10-3-4-11-19)14-21-18-8-5-7-16(18)17-9-6-12-20-17/h15-18,20-21H,3-14H2,1-2H3. The summed E-state index contributed by atoms with van der Waals surface area (Å²) in [6.45, 7) is 7.35. The Balaban J connectivity index is 1.54. The zero-order chi connectivity index (χ0) is 14.7. The summed E-state index contributed by atoms with van der Waals surface area (Å²) >= 11 is 0. The van der Waals surface area contributed by atoms with Crippen molar-refractivity contribution >= 4 is 0 Å². The topological polar surface area (TPSA) is 24.1 Å². The number of hydrogen-bond donors (Lipinski definition) is 2. The second-order valence-corrected chi connectivity index (χ2v) is 8.59. The van der Waals surface area contributed by atoms with Crippen molar-refractivity contribution in [2.45, 2.75) is 90.1 Å². The maximum absolute atomic E-state index is 4.06. The maximum atomic E-state index is 4.06. The molecule has 0 aromatic rings. The maximum Gasteiger partial charge on any atom is 0.0111 e. The summed E-state index contributed by atoms with van der Waals surface area (Å²) in [5, 5.41) is 7.81. The molecule has 3 atom stereocenters. The molecule has 0 bridgehead atoms. The molecule has 1 aliphatic heterocycles. The molecule has 0 aromatic carbocycles. The second-order valence-electron chi connectivity index (χ2n) is 8.59. The van der Waals surface area contributed by atoms with Crippen molar-refractivity contribution in [1.29, 1.82) is 0 Å². The van der Waals surface area contributed by atoms with Gasteiger partial charge in [-0.3, -0.25) is 0 Å². The van der Waals surface area contributed by atoms with Crippen LogP contribution in [0.1, 0.15) is 78.1 Å². The predicted molar refractivity (Wildman–Crippen MR) is 90.5 cm³/mol. The summed E-state index contributed by atoms with van der Waals surface area (Å²) < 4.78 is 0. The lowest BCUT2D eigenvalue weighted by Gasteiger charge is -2.35. The van der Waals surface area contributed by atoms with Crippen LogP contribution in [0.5, 0.6) is 0 Å². The van der Waals surface area contributed by atoms with Gasteiger partial charge in [-0.1, -0.05) is 33.1 Å². The fourth-order valence-corrected chi connectivity index (χ4v) is 5.59. The van der Waals surface area contributed by atoms with Crippen LogP contribution in [-0.4, -0.2) is 25.2 Å². The Morgan fingerprint density at radius 3 is 2.52 bits per heavy atom. The molecule has 1 saturated heterocycles. The van der Waals surface area contributed by atoms with Gasteiger partial charge < -0.3 is 10.6 Å². The predicted octanol–water partition coefficient (Wildman–Crippen LogP) is 4.10. The second kappa shape index (κ2) is 7.00. The molecule has 3 rings (SSSR count). The van der Waals surface area contributed by atoms with Gasteiger partial charge in [-0.05, 0) is 68.7 Å². The van der Waals surface area contributed by atoms with Crippen molar-refractivity contribution in [3.63, 3.8) is 0 Å². The highest BCUT2D eigenvalue weighted by Crippen LogP contribution is 2.43. The Bertz CT molecular complexity index is 314. The van der Waals surface area contributed by atoms with E-state index in [1.165, 1.54) is 77.3 Å². The van der Waals surface area contributed by atoms with Crippen LogP contribution in [0.2, 0.25) is 0 Å². The third-order valence-corrected chi connectivity index (χ3v) is 6.43. The minimum atomic E-state index is 0.629. The van der Waals surface area contributed by atoms with E-state index in [0.29, 0.717) is 5.41 Å². The van der Waals surface area contributed by atoms with Crippen LogP contribution >= 0.6 is 0 Å². The zero-order valence-electron chi connectivity index (χ0n) is 14.3. The number of hydrogen-bond acceptors (Lipinski definition) is 2. The van der Waals surface area contributed by atoms with Crippen LogP contribution in [-0.2, 0) is 0 Å². The molecule has 2 heteroatoms. The largest absolute Gasteiger partial charge is 0.314 e. The first kappa shape index (κ1) is 15.8. The molecule has 122 valence electrons. The van der Waals surface area contributed by atoms with Crippen molar-refractivity contribution in [1.82, 2.24) is 10.6 Å². The Morgan fingerprint density at radius 2 is 1.86 bits per heavy atom. The molecule has 0 radical (unpaired) electrons. The van der Waals surface area contributed by atoms with Gasteiger partial charge in [-0.2, -0.15) is 0 Å². The van der Waals surface area contributed by atoms with E-state index in [9.17, 15) is 0 Å². The molecule has 2 aliphatic carbocycles. The van der Waals surface area contributed by atoms with Gasteiger partial charge in [0.1, 0.15) is 0 Å². The van der Waals surface area contributed by atoms with E-state index in [2.05, 4.69) is 24.5 Å². The smallest absolute Gasteiger partial charge is 0.0111 e. The molecule has 2 saturated carbocycles. The molecule has 21 heavy (non-hydrogen) atoms. The summed E-state index contributed by atoms with van der Waals surface area (Å²) in [7, 11) is 0. The Kier molecular flexibility index (Phi) is 5.27. The van der Waals surface area contributed by atoms with Gasteiger partial charge >= 0.3 is 0 Å². The highest BCUT2D eigenvalue weighted by molar-refractivity contribution is 4.95. The van der Waals surface area contributed by atoms with Crippen LogP contribution in [0.15, 0.2) is 0 Å².